The predicted octanol–water partition coefficient (Wildman–Crippen LogP) is 5.24. The average Bonchev–Trinajstić information content (AvgIpc) is 3.62. The number of hydrogen-bond acceptors (Lipinski definition) is 6. The van der Waals surface area contributed by atoms with E-state index in [0.717, 1.165) is 48.2 Å². The van der Waals surface area contributed by atoms with Crippen LogP contribution >= 0.6 is 0 Å². The van der Waals surface area contributed by atoms with Crippen LogP contribution in [0.25, 0.3) is 0 Å². The molecule has 8 nitrogen and oxygen atoms in total. The number of nitriles is 1. The Morgan fingerprint density at radius 3 is 2.32 bits per heavy atom. The number of nitrogens with zero attached hydrogens (tertiary/aromatic N) is 6. The smallest absolute Gasteiger partial charge is 0.274 e. The maximum Gasteiger partial charge on any atom is 0.274 e. The number of aromatic nitrogens is 5. The largest absolute Gasteiger partial charge is 0.321 e. The van der Waals surface area contributed by atoms with Crippen molar-refractivity contribution in [3.8, 4) is 6.57 Å². The molecule has 0 spiro atoms. The van der Waals surface area contributed by atoms with Gasteiger partial charge in [0.1, 0.15) is 23.7 Å². The third-order valence-electron chi connectivity index (χ3n) is 5.58. The number of anilines is 1. The van der Waals surface area contributed by atoms with E-state index in [0.29, 0.717) is 11.6 Å². The molecule has 2 aliphatic rings. The van der Waals surface area contributed by atoms with E-state index in [1.54, 1.807) is 12.4 Å². The second-order valence-electron chi connectivity index (χ2n) is 8.21. The highest BCUT2D eigenvalue weighted by atomic mass is 16.1. The van der Waals surface area contributed by atoms with Crippen LogP contribution in [0.1, 0.15) is 79.7 Å². The molecule has 0 unspecified atom stereocenters. The second-order valence-corrected chi connectivity index (χ2v) is 8.21. The number of hydrogen-bond donors (Lipinski definition) is 1. The highest BCUT2D eigenvalue weighted by Gasteiger charge is 2.27. The van der Waals surface area contributed by atoms with Gasteiger partial charge in [0.2, 0.25) is 0 Å². The molecule has 1 N–H and O–H groups in total. The molecular weight excluding hydrogens is 426 g/mol. The Morgan fingerprint density at radius 2 is 1.79 bits per heavy atom. The molecule has 8 heteroatoms. The third-order valence-corrected chi connectivity index (χ3v) is 5.58. The lowest BCUT2D eigenvalue weighted by Gasteiger charge is -2.24. The maximum absolute atomic E-state index is 12.2. The first-order valence-electron chi connectivity index (χ1n) is 11.9. The minimum absolute atomic E-state index is 0.182. The number of carbonyl (C=O) groups is 1. The number of para-hydroxylation sites is 1. The van der Waals surface area contributed by atoms with E-state index in [2.05, 4.69) is 32.1 Å². The van der Waals surface area contributed by atoms with E-state index in [1.165, 1.54) is 19.3 Å². The van der Waals surface area contributed by atoms with Crippen LogP contribution in [0.5, 0.6) is 0 Å². The van der Waals surface area contributed by atoms with E-state index in [4.69, 9.17) is 5.26 Å². The Hall–Kier alpha value is -3.60. The average molecular weight is 462 g/mol. The van der Waals surface area contributed by atoms with Crippen molar-refractivity contribution in [1.29, 1.82) is 5.26 Å². The van der Waals surface area contributed by atoms with Gasteiger partial charge in [-0.25, -0.2) is 15.2 Å². The van der Waals surface area contributed by atoms with Gasteiger partial charge in [-0.15, -0.1) is 10.2 Å². The monoisotopic (exact) mass is 461 g/mol. The number of carbonyl (C=O) groups excluding carboxylic acids is 1. The highest BCUT2D eigenvalue weighted by molar-refractivity contribution is 6.02. The fourth-order valence-corrected chi connectivity index (χ4v) is 3.40. The molecule has 180 valence electrons. The van der Waals surface area contributed by atoms with Crippen LogP contribution in [0.3, 0.4) is 0 Å². The number of amides is 1. The lowest BCUT2D eigenvalue weighted by Crippen LogP contribution is -2.15. The summed E-state index contributed by atoms with van der Waals surface area (Å²) in [6, 6.07) is 11.1. The van der Waals surface area contributed by atoms with Crippen molar-refractivity contribution < 1.29 is 4.79 Å². The van der Waals surface area contributed by atoms with E-state index in [1.807, 2.05) is 62.7 Å². The second kappa shape index (κ2) is 13.8. The Morgan fingerprint density at radius 1 is 1.12 bits per heavy atom. The van der Waals surface area contributed by atoms with Gasteiger partial charge in [-0.3, -0.25) is 4.79 Å². The first kappa shape index (κ1) is 26.7. The van der Waals surface area contributed by atoms with Crippen LogP contribution in [0, 0.1) is 24.7 Å². The molecule has 3 aromatic rings. The standard InChI is InChI=1S/C15H15N3O.C8H13N3.C2H6.CHN/c1-10-9-13(18-14(16-10)11-7-8-11)15(19)17-12-5-3-2-4-6-12;1-11-6-9-10-8(11)5-7-3-2-4-7;2*1-2/h2-6,9,11H,7-8H2,1H3,(H,17,19);6-7H,2-5H2,1H3;1-2H3;1H. The summed E-state index contributed by atoms with van der Waals surface area (Å²) in [4.78, 5) is 20.9. The van der Waals surface area contributed by atoms with Crippen molar-refractivity contribution in [2.24, 2.45) is 13.0 Å². The molecule has 0 atom stereocenters. The normalized spacial score (nSPS) is 14.1. The van der Waals surface area contributed by atoms with Crippen molar-refractivity contribution in [3.05, 3.63) is 65.8 Å². The van der Waals surface area contributed by atoms with Crippen LogP contribution in [-0.4, -0.2) is 30.6 Å². The van der Waals surface area contributed by atoms with E-state index < -0.39 is 0 Å². The van der Waals surface area contributed by atoms with Crippen molar-refractivity contribution in [3.63, 3.8) is 0 Å². The molecule has 1 amide bonds. The van der Waals surface area contributed by atoms with E-state index in [9.17, 15) is 4.79 Å². The van der Waals surface area contributed by atoms with Gasteiger partial charge in [0.15, 0.2) is 0 Å². The summed E-state index contributed by atoms with van der Waals surface area (Å²) in [5, 5.41) is 17.2. The first-order valence-corrected chi connectivity index (χ1v) is 11.9. The summed E-state index contributed by atoms with van der Waals surface area (Å²) in [5.41, 5.74) is 2.06. The SMILES string of the molecule is C#N.CC.Cc1cc(C(=O)Nc2ccccc2)nc(C2CC2)n1.Cn1cnnc1CC1CCC1. The highest BCUT2D eigenvalue weighted by Crippen LogP contribution is 2.38. The lowest BCUT2D eigenvalue weighted by atomic mass is 9.83. The molecular formula is C26H35N7O. The van der Waals surface area contributed by atoms with Gasteiger partial charge in [0.05, 0.1) is 0 Å². The molecule has 1 aromatic carbocycles. The van der Waals surface area contributed by atoms with Crippen LogP contribution < -0.4 is 5.32 Å². The Balaban J connectivity index is 0.000000231. The van der Waals surface area contributed by atoms with Gasteiger partial charge in [-0.2, -0.15) is 0 Å². The van der Waals surface area contributed by atoms with Crippen molar-refractivity contribution in [1.82, 2.24) is 24.7 Å². The molecule has 2 heterocycles. The molecule has 2 fully saturated rings. The number of nitrogens with one attached hydrogen (secondary N) is 1. The fourth-order valence-electron chi connectivity index (χ4n) is 3.40. The van der Waals surface area contributed by atoms with Gasteiger partial charge in [0.25, 0.3) is 5.91 Å². The lowest BCUT2D eigenvalue weighted by molar-refractivity contribution is 0.102. The van der Waals surface area contributed by atoms with Crippen LogP contribution in [0.4, 0.5) is 5.69 Å². The number of rotatable bonds is 5. The molecule has 2 aromatic heterocycles. The van der Waals surface area contributed by atoms with Gasteiger partial charge in [0, 0.05) is 37.3 Å². The van der Waals surface area contributed by atoms with Gasteiger partial charge < -0.3 is 9.88 Å². The van der Waals surface area contributed by atoms with Crippen molar-refractivity contribution in [2.45, 2.75) is 65.2 Å². The molecule has 0 aliphatic heterocycles. The summed E-state index contributed by atoms with van der Waals surface area (Å²) < 4.78 is 2.01. The Bertz CT molecular complexity index is 1040. The minimum Gasteiger partial charge on any atom is -0.321 e. The molecule has 34 heavy (non-hydrogen) atoms. The maximum atomic E-state index is 12.2. The quantitative estimate of drug-likeness (QED) is 0.556. The molecule has 0 saturated heterocycles. The van der Waals surface area contributed by atoms with Crippen molar-refractivity contribution in [2.75, 3.05) is 5.32 Å². The topological polar surface area (TPSA) is 109 Å². The van der Waals surface area contributed by atoms with Gasteiger partial charge >= 0.3 is 0 Å². The number of aryl methyl sites for hydroxylation is 2. The first-order chi connectivity index (χ1) is 16.6. The number of benzene rings is 1. The Labute approximate surface area is 202 Å². The van der Waals surface area contributed by atoms with Crippen LogP contribution in [0.2, 0.25) is 0 Å². The van der Waals surface area contributed by atoms with Crippen LogP contribution in [-0.2, 0) is 13.5 Å². The molecule has 2 saturated carbocycles. The summed E-state index contributed by atoms with van der Waals surface area (Å²) in [6.45, 7) is 9.40. The zero-order valence-corrected chi connectivity index (χ0v) is 20.6. The third kappa shape index (κ3) is 8.07. The molecule has 2 aliphatic carbocycles. The molecule has 0 radical (unpaired) electrons. The molecule has 5 rings (SSSR count). The zero-order valence-electron chi connectivity index (χ0n) is 20.6. The van der Waals surface area contributed by atoms with Gasteiger partial charge in [-0.05, 0) is 43.9 Å². The summed E-state index contributed by atoms with van der Waals surface area (Å²) >= 11 is 0. The summed E-state index contributed by atoms with van der Waals surface area (Å²) in [6.07, 6.45) is 9.32. The summed E-state index contributed by atoms with van der Waals surface area (Å²) in [5.74, 6) is 3.09. The van der Waals surface area contributed by atoms with E-state index >= 15 is 0 Å². The zero-order chi connectivity index (χ0) is 24.9. The Kier molecular flexibility index (Phi) is 10.8. The van der Waals surface area contributed by atoms with Crippen LogP contribution in [0.15, 0.2) is 42.7 Å². The predicted molar refractivity (Wildman–Crippen MR) is 133 cm³/mol. The fraction of sp³-hybridized carbons (Fsp3) is 0.462. The minimum atomic E-state index is -0.182. The van der Waals surface area contributed by atoms with E-state index in [-0.39, 0.29) is 5.91 Å². The van der Waals surface area contributed by atoms with Crippen molar-refractivity contribution >= 4 is 11.6 Å². The molecule has 0 bridgehead atoms. The van der Waals surface area contributed by atoms with Gasteiger partial charge in [-0.1, -0.05) is 51.3 Å². The summed E-state index contributed by atoms with van der Waals surface area (Å²) in [7, 11) is 2.01.